The number of hydrogen-bond acceptors (Lipinski definition) is 3. The van der Waals surface area contributed by atoms with Crippen LogP contribution in [0.2, 0.25) is 0 Å². The first-order chi connectivity index (χ1) is 10.9. The van der Waals surface area contributed by atoms with E-state index < -0.39 is 6.48 Å². The maximum atomic E-state index is 9.26. The minimum atomic E-state index is -1.63. The molecule has 0 aliphatic heterocycles. The summed E-state index contributed by atoms with van der Waals surface area (Å²) < 4.78 is 5.48. The van der Waals surface area contributed by atoms with Gasteiger partial charge in [-0.05, 0) is 68.1 Å². The van der Waals surface area contributed by atoms with Crippen molar-refractivity contribution < 1.29 is 14.9 Å². The molecule has 3 heteroatoms. The molecule has 0 aromatic heterocycles. The van der Waals surface area contributed by atoms with Crippen LogP contribution in [-0.2, 0) is 4.74 Å². The topological polar surface area (TPSA) is 49.7 Å². The predicted molar refractivity (Wildman–Crippen MR) is 89.3 cm³/mol. The molecule has 0 heterocycles. The zero-order chi connectivity index (χ0) is 16.2. The SMILES string of the molecule is C[C@]12CC[C@H]3[C@@H](CC=C4CCC=C[C@@]43C)[C@@H]1CC[C@@H]2OC(O)O. The van der Waals surface area contributed by atoms with Crippen molar-refractivity contribution in [3.63, 3.8) is 0 Å². The van der Waals surface area contributed by atoms with Crippen molar-refractivity contribution in [2.24, 2.45) is 28.6 Å². The maximum Gasteiger partial charge on any atom is 0.266 e. The third-order valence-electron chi connectivity index (χ3n) is 7.78. The summed E-state index contributed by atoms with van der Waals surface area (Å²) in [7, 11) is 0. The second kappa shape index (κ2) is 5.44. The van der Waals surface area contributed by atoms with Crippen molar-refractivity contribution in [1.82, 2.24) is 0 Å². The fraction of sp³-hybridized carbons (Fsp3) is 0.800. The molecule has 0 amide bonds. The number of hydrogen-bond donors (Lipinski definition) is 2. The van der Waals surface area contributed by atoms with Crippen LogP contribution in [0.25, 0.3) is 0 Å². The highest BCUT2D eigenvalue weighted by atomic mass is 16.7. The third-order valence-corrected chi connectivity index (χ3v) is 7.78. The number of rotatable bonds is 2. The van der Waals surface area contributed by atoms with Gasteiger partial charge in [0.2, 0.25) is 0 Å². The molecule has 0 aromatic carbocycles. The lowest BCUT2D eigenvalue weighted by Gasteiger charge is -2.56. The molecule has 0 spiro atoms. The fourth-order valence-corrected chi connectivity index (χ4v) is 6.59. The summed E-state index contributed by atoms with van der Waals surface area (Å²) in [5.41, 5.74) is 2.03. The molecule has 4 aliphatic carbocycles. The van der Waals surface area contributed by atoms with E-state index >= 15 is 0 Å². The Hall–Kier alpha value is -0.640. The first-order valence-corrected chi connectivity index (χ1v) is 9.34. The Morgan fingerprint density at radius 3 is 2.78 bits per heavy atom. The maximum absolute atomic E-state index is 9.26. The van der Waals surface area contributed by atoms with Crippen LogP contribution in [0, 0.1) is 28.6 Å². The van der Waals surface area contributed by atoms with E-state index in [1.807, 2.05) is 0 Å². The van der Waals surface area contributed by atoms with Crippen molar-refractivity contribution in [1.29, 1.82) is 0 Å². The van der Waals surface area contributed by atoms with E-state index in [4.69, 9.17) is 4.74 Å². The van der Waals surface area contributed by atoms with Crippen LogP contribution in [0.4, 0.5) is 0 Å². The molecule has 2 saturated carbocycles. The summed E-state index contributed by atoms with van der Waals surface area (Å²) in [4.78, 5) is 0. The lowest BCUT2D eigenvalue weighted by Crippen LogP contribution is -2.50. The summed E-state index contributed by atoms with van der Waals surface area (Å²) in [6, 6.07) is 0. The van der Waals surface area contributed by atoms with Crippen LogP contribution < -0.4 is 0 Å². The van der Waals surface area contributed by atoms with E-state index in [1.54, 1.807) is 5.57 Å². The Morgan fingerprint density at radius 1 is 1.17 bits per heavy atom. The number of ether oxygens (including phenoxy) is 1. The molecular weight excluding hydrogens is 288 g/mol. The highest BCUT2D eigenvalue weighted by Gasteiger charge is 2.58. The lowest BCUT2D eigenvalue weighted by molar-refractivity contribution is -0.274. The van der Waals surface area contributed by atoms with Gasteiger partial charge in [-0.25, -0.2) is 0 Å². The van der Waals surface area contributed by atoms with Gasteiger partial charge >= 0.3 is 0 Å². The molecule has 0 saturated heterocycles. The highest BCUT2D eigenvalue weighted by Crippen LogP contribution is 2.64. The van der Waals surface area contributed by atoms with Gasteiger partial charge in [0.1, 0.15) is 0 Å². The lowest BCUT2D eigenvalue weighted by atomic mass is 9.49. The Bertz CT molecular complexity index is 537. The monoisotopic (exact) mass is 318 g/mol. The Morgan fingerprint density at radius 2 is 2.00 bits per heavy atom. The standard InChI is InChI=1S/C20H30O3/c1-19-11-4-3-5-13(19)6-7-14-15-8-9-17(23-18(21)22)20(15,2)12-10-16(14)19/h4,6,11,14-18,21-22H,3,5,7-10,12H2,1-2H3/t14-,15-,16-,17-,19-,20-/m0/s1. The van der Waals surface area contributed by atoms with Gasteiger partial charge in [0, 0.05) is 5.41 Å². The van der Waals surface area contributed by atoms with E-state index in [0.717, 1.165) is 31.1 Å². The molecule has 4 aliphatic rings. The largest absolute Gasteiger partial charge is 0.346 e. The third kappa shape index (κ3) is 2.27. The summed E-state index contributed by atoms with van der Waals surface area (Å²) in [5, 5.41) is 18.5. The molecular formula is C20H30O3. The molecule has 0 bridgehead atoms. The quantitative estimate of drug-likeness (QED) is 0.602. The zero-order valence-electron chi connectivity index (χ0n) is 14.4. The Balaban J connectivity index is 1.63. The number of aliphatic hydroxyl groups is 2. The minimum absolute atomic E-state index is 0.00599. The first kappa shape index (κ1) is 15.9. The minimum Gasteiger partial charge on any atom is -0.346 e. The summed E-state index contributed by atoms with van der Waals surface area (Å²) in [6.45, 7) is 3.14. The molecule has 4 rings (SSSR count). The van der Waals surface area contributed by atoms with Gasteiger partial charge in [-0.2, -0.15) is 0 Å². The fourth-order valence-electron chi connectivity index (χ4n) is 6.59. The average molecular weight is 318 g/mol. The van der Waals surface area contributed by atoms with E-state index in [9.17, 15) is 10.2 Å². The molecule has 3 nitrogen and oxygen atoms in total. The van der Waals surface area contributed by atoms with Crippen LogP contribution in [0.15, 0.2) is 23.8 Å². The second-order valence-corrected chi connectivity index (χ2v) is 8.64. The van der Waals surface area contributed by atoms with Crippen LogP contribution in [-0.4, -0.2) is 22.8 Å². The Kier molecular flexibility index (Phi) is 3.75. The van der Waals surface area contributed by atoms with E-state index in [0.29, 0.717) is 5.92 Å². The van der Waals surface area contributed by atoms with Crippen molar-refractivity contribution in [2.45, 2.75) is 71.4 Å². The van der Waals surface area contributed by atoms with E-state index in [-0.39, 0.29) is 16.9 Å². The molecule has 2 N–H and O–H groups in total. The molecule has 0 unspecified atom stereocenters. The van der Waals surface area contributed by atoms with Gasteiger partial charge in [0.05, 0.1) is 6.10 Å². The van der Waals surface area contributed by atoms with E-state index in [2.05, 4.69) is 32.1 Å². The van der Waals surface area contributed by atoms with Gasteiger partial charge in [-0.3, -0.25) is 0 Å². The normalized spacial score (nSPS) is 48.7. The molecule has 0 radical (unpaired) electrons. The van der Waals surface area contributed by atoms with Gasteiger partial charge in [0.25, 0.3) is 6.48 Å². The molecule has 2 fully saturated rings. The number of aliphatic hydroxyl groups excluding tert-OH is 1. The zero-order valence-corrected chi connectivity index (χ0v) is 14.4. The molecule has 0 aromatic rings. The van der Waals surface area contributed by atoms with Crippen molar-refractivity contribution in [3.8, 4) is 0 Å². The number of allylic oxidation sites excluding steroid dienone is 4. The average Bonchev–Trinajstić information content (AvgIpc) is 2.83. The van der Waals surface area contributed by atoms with Crippen molar-refractivity contribution in [2.75, 3.05) is 0 Å². The molecule has 128 valence electrons. The summed E-state index contributed by atoms with van der Waals surface area (Å²) in [6.07, 6.45) is 15.5. The van der Waals surface area contributed by atoms with Crippen LogP contribution in [0.5, 0.6) is 0 Å². The highest BCUT2D eigenvalue weighted by molar-refractivity contribution is 5.31. The predicted octanol–water partition coefficient (Wildman–Crippen LogP) is 3.77. The van der Waals surface area contributed by atoms with Crippen LogP contribution in [0.1, 0.15) is 58.8 Å². The van der Waals surface area contributed by atoms with E-state index in [1.165, 1.54) is 25.7 Å². The molecule has 23 heavy (non-hydrogen) atoms. The van der Waals surface area contributed by atoms with Gasteiger partial charge in [0.15, 0.2) is 0 Å². The van der Waals surface area contributed by atoms with Gasteiger partial charge in [-0.15, -0.1) is 0 Å². The van der Waals surface area contributed by atoms with Crippen molar-refractivity contribution >= 4 is 0 Å². The second-order valence-electron chi connectivity index (χ2n) is 8.64. The van der Waals surface area contributed by atoms with Gasteiger partial charge < -0.3 is 14.9 Å². The smallest absolute Gasteiger partial charge is 0.266 e. The number of fused-ring (bicyclic) bond motifs is 5. The molecule has 6 atom stereocenters. The van der Waals surface area contributed by atoms with Crippen LogP contribution in [0.3, 0.4) is 0 Å². The Labute approximate surface area is 139 Å². The summed E-state index contributed by atoms with van der Waals surface area (Å²) >= 11 is 0. The van der Waals surface area contributed by atoms with Gasteiger partial charge in [-0.1, -0.05) is 37.6 Å². The first-order valence-electron chi connectivity index (χ1n) is 9.34. The van der Waals surface area contributed by atoms with Crippen molar-refractivity contribution in [3.05, 3.63) is 23.8 Å². The van der Waals surface area contributed by atoms with Crippen LogP contribution >= 0.6 is 0 Å². The summed E-state index contributed by atoms with van der Waals surface area (Å²) in [5.74, 6) is 2.11.